The first-order chi connectivity index (χ1) is 9.28. The van der Waals surface area contributed by atoms with E-state index in [1.54, 1.807) is 39.2 Å². The Labute approximate surface area is 136 Å². The number of alkyl carbamates (subject to hydrolysis) is 1. The first-order valence-corrected chi connectivity index (χ1v) is 6.37. The average Bonchev–Trinajstić information content (AvgIpc) is 2.33. The maximum Gasteiger partial charge on any atom is 1.00 e. The van der Waals surface area contributed by atoms with Crippen molar-refractivity contribution in [2.75, 3.05) is 0 Å². The number of carboxylic acids is 1. The summed E-state index contributed by atoms with van der Waals surface area (Å²) < 4.78 is 5.02. The maximum atomic E-state index is 11.5. The molecule has 0 bridgehead atoms. The van der Waals surface area contributed by atoms with Crippen LogP contribution in [0.15, 0.2) is 24.5 Å². The molecule has 0 aliphatic heterocycles. The van der Waals surface area contributed by atoms with Gasteiger partial charge < -0.3 is 20.0 Å². The van der Waals surface area contributed by atoms with Crippen molar-refractivity contribution in [2.45, 2.75) is 45.3 Å². The minimum atomic E-state index is -1.33. The first kappa shape index (κ1) is 19.5. The van der Waals surface area contributed by atoms with Gasteiger partial charge in [0.05, 0.1) is 12.0 Å². The Morgan fingerprint density at radius 2 is 2.10 bits per heavy atom. The molecule has 0 aliphatic rings. The van der Waals surface area contributed by atoms with Crippen molar-refractivity contribution in [3.8, 4) is 0 Å². The summed E-state index contributed by atoms with van der Waals surface area (Å²) in [5.74, 6) is -1.33. The Kier molecular flexibility index (Phi) is 8.08. The number of carboxylic acid groups (broad SMARTS) is 1. The molecule has 0 aromatic carbocycles. The molecule has 0 radical (unpaired) electrons. The average molecular weight is 286 g/mol. The normalized spacial score (nSPS) is 12.0. The number of nitrogens with zero attached hydrogens (tertiary/aromatic N) is 1. The summed E-state index contributed by atoms with van der Waals surface area (Å²) >= 11 is 0. The fourth-order valence-corrected chi connectivity index (χ4v) is 1.56. The van der Waals surface area contributed by atoms with Gasteiger partial charge in [0.25, 0.3) is 0 Å². The van der Waals surface area contributed by atoms with E-state index in [2.05, 4.69) is 10.3 Å². The van der Waals surface area contributed by atoms with Gasteiger partial charge in [0, 0.05) is 12.4 Å². The number of pyridine rings is 1. The van der Waals surface area contributed by atoms with Gasteiger partial charge >= 0.3 is 25.0 Å². The number of ether oxygens (including phenoxy) is 1. The first-order valence-electron chi connectivity index (χ1n) is 6.37. The van der Waals surface area contributed by atoms with Crippen LogP contribution >= 0.6 is 0 Å². The van der Waals surface area contributed by atoms with Crippen molar-refractivity contribution in [3.05, 3.63) is 30.1 Å². The van der Waals surface area contributed by atoms with Gasteiger partial charge in [-0.05, 0) is 45.2 Å². The van der Waals surface area contributed by atoms with Crippen LogP contribution in [0.1, 0.15) is 32.8 Å². The summed E-state index contributed by atoms with van der Waals surface area (Å²) in [4.78, 5) is 26.5. The molecule has 1 heterocycles. The van der Waals surface area contributed by atoms with E-state index in [9.17, 15) is 14.7 Å². The third-order valence-corrected chi connectivity index (χ3v) is 2.42. The van der Waals surface area contributed by atoms with Crippen molar-refractivity contribution in [2.24, 2.45) is 0 Å². The molecule has 1 N–H and O–H groups in total. The van der Waals surface area contributed by atoms with Gasteiger partial charge in [-0.1, -0.05) is 6.07 Å². The summed E-state index contributed by atoms with van der Waals surface area (Å²) in [6.45, 7) is 5.11. The van der Waals surface area contributed by atoms with Gasteiger partial charge in [0.1, 0.15) is 5.60 Å². The molecule has 7 heteroatoms. The van der Waals surface area contributed by atoms with E-state index in [0.717, 1.165) is 5.56 Å². The molecule has 0 saturated carbocycles. The van der Waals surface area contributed by atoms with Gasteiger partial charge in [-0.15, -0.1) is 0 Å². The Morgan fingerprint density at radius 3 is 2.57 bits per heavy atom. The van der Waals surface area contributed by atoms with E-state index >= 15 is 0 Å². The fourth-order valence-electron chi connectivity index (χ4n) is 1.56. The molecule has 1 rings (SSSR count). The number of aliphatic carboxylic acids is 1. The molecule has 110 valence electrons. The number of rotatable bonds is 5. The number of carbonyl (C=O) groups excluding carboxylic acids is 2. The summed E-state index contributed by atoms with van der Waals surface area (Å²) in [6.07, 6.45) is 3.21. The van der Waals surface area contributed by atoms with Crippen molar-refractivity contribution in [1.29, 1.82) is 0 Å². The van der Waals surface area contributed by atoms with Gasteiger partial charge in [-0.2, -0.15) is 0 Å². The molecule has 1 aromatic rings. The number of carbonyl (C=O) groups is 2. The Bertz CT molecular complexity index is 460. The standard InChI is InChI=1S/C14H20N2O4.Li/c1-14(2,3)20-13(19)16-11(12(17)18)7-6-10-5-4-8-15-9-10;/h4-5,8-9,11H,6-7H2,1-3H3,(H,16,19)(H,17,18);/q;+1/p-1/t11-;/m0./s1. The van der Waals surface area contributed by atoms with Crippen LogP contribution in [0.2, 0.25) is 0 Å². The van der Waals surface area contributed by atoms with Gasteiger partial charge in [0.15, 0.2) is 0 Å². The molecular formula is C14H19LiN2O4. The van der Waals surface area contributed by atoms with Gasteiger partial charge in [-0.3, -0.25) is 4.98 Å². The van der Waals surface area contributed by atoms with Crippen molar-refractivity contribution in [3.63, 3.8) is 0 Å². The van der Waals surface area contributed by atoms with Crippen LogP contribution < -0.4 is 29.3 Å². The number of hydrogen-bond acceptors (Lipinski definition) is 5. The van der Waals surface area contributed by atoms with Crippen molar-refractivity contribution >= 4 is 12.1 Å². The van der Waals surface area contributed by atoms with Crippen LogP contribution in [-0.2, 0) is 16.0 Å². The molecule has 0 unspecified atom stereocenters. The summed E-state index contributed by atoms with van der Waals surface area (Å²) in [7, 11) is 0. The summed E-state index contributed by atoms with van der Waals surface area (Å²) in [6, 6.07) is 2.52. The molecule has 0 aliphatic carbocycles. The molecule has 0 fully saturated rings. The zero-order valence-electron chi connectivity index (χ0n) is 12.9. The van der Waals surface area contributed by atoms with E-state index in [4.69, 9.17) is 4.74 Å². The van der Waals surface area contributed by atoms with Crippen molar-refractivity contribution < 1.29 is 38.3 Å². The largest absolute Gasteiger partial charge is 1.00 e. The molecular weight excluding hydrogens is 267 g/mol. The minimum absolute atomic E-state index is 0. The third kappa shape index (κ3) is 8.38. The summed E-state index contributed by atoms with van der Waals surface area (Å²) in [5, 5.41) is 13.3. The SMILES string of the molecule is CC(C)(C)OC(=O)N[C@@H](CCc1cccnc1)C(=O)[O-].[Li+]. The Balaban J connectivity index is 0.00000400. The molecule has 0 saturated heterocycles. The van der Waals surface area contributed by atoms with Crippen LogP contribution in [0.25, 0.3) is 0 Å². The molecule has 0 spiro atoms. The van der Waals surface area contributed by atoms with E-state index in [0.29, 0.717) is 6.42 Å². The third-order valence-electron chi connectivity index (χ3n) is 2.42. The van der Waals surface area contributed by atoms with Crippen LogP contribution in [-0.4, -0.2) is 28.7 Å². The number of aromatic nitrogens is 1. The minimum Gasteiger partial charge on any atom is -0.548 e. The fraction of sp³-hybridized carbons (Fsp3) is 0.500. The Morgan fingerprint density at radius 1 is 1.43 bits per heavy atom. The Hall–Kier alpha value is -1.51. The molecule has 6 nitrogen and oxygen atoms in total. The summed E-state index contributed by atoms with van der Waals surface area (Å²) in [5.41, 5.74) is 0.217. The van der Waals surface area contributed by atoms with Crippen LogP contribution in [0, 0.1) is 0 Å². The van der Waals surface area contributed by atoms with Gasteiger partial charge in [0.2, 0.25) is 0 Å². The number of nitrogens with one attached hydrogen (secondary N) is 1. The van der Waals surface area contributed by atoms with Crippen molar-refractivity contribution in [1.82, 2.24) is 10.3 Å². The van der Waals surface area contributed by atoms with Crippen LogP contribution in [0.4, 0.5) is 4.79 Å². The quantitative estimate of drug-likeness (QED) is 0.613. The van der Waals surface area contributed by atoms with E-state index in [-0.39, 0.29) is 25.3 Å². The molecule has 1 atom stereocenters. The zero-order valence-corrected chi connectivity index (χ0v) is 12.9. The predicted octanol–water partition coefficient (Wildman–Crippen LogP) is -2.34. The predicted molar refractivity (Wildman–Crippen MR) is 70.7 cm³/mol. The number of amides is 1. The topological polar surface area (TPSA) is 91.3 Å². The van der Waals surface area contributed by atoms with E-state index < -0.39 is 23.7 Å². The van der Waals surface area contributed by atoms with Crippen LogP contribution in [0.5, 0.6) is 0 Å². The molecule has 21 heavy (non-hydrogen) atoms. The monoisotopic (exact) mass is 286 g/mol. The van der Waals surface area contributed by atoms with E-state index in [1.807, 2.05) is 6.07 Å². The zero-order chi connectivity index (χ0) is 15.2. The molecule has 1 amide bonds. The number of hydrogen-bond donors (Lipinski definition) is 1. The van der Waals surface area contributed by atoms with Gasteiger partial charge in [-0.25, -0.2) is 4.79 Å². The molecule has 1 aromatic heterocycles. The smallest absolute Gasteiger partial charge is 0.548 e. The number of aryl methyl sites for hydroxylation is 1. The second kappa shape index (κ2) is 8.70. The second-order valence-electron chi connectivity index (χ2n) is 5.42. The van der Waals surface area contributed by atoms with Crippen LogP contribution in [0.3, 0.4) is 0 Å². The second-order valence-corrected chi connectivity index (χ2v) is 5.42. The van der Waals surface area contributed by atoms with E-state index in [1.165, 1.54) is 0 Å². The maximum absolute atomic E-state index is 11.5.